The van der Waals surface area contributed by atoms with Crippen LogP contribution in [0.4, 0.5) is 0 Å². The van der Waals surface area contributed by atoms with Gasteiger partial charge in [0.05, 0.1) is 15.7 Å². The van der Waals surface area contributed by atoms with Crippen LogP contribution in [0.2, 0.25) is 15.1 Å². The number of nitrogens with zero attached hydrogens (tertiary/aromatic N) is 1. The van der Waals surface area contributed by atoms with Gasteiger partial charge in [0, 0.05) is 23.6 Å². The number of ether oxygens (including phenoxy) is 1. The van der Waals surface area contributed by atoms with Gasteiger partial charge >= 0.3 is 0 Å². The Morgan fingerprint density at radius 1 is 0.917 bits per heavy atom. The van der Waals surface area contributed by atoms with Crippen molar-refractivity contribution >= 4 is 34.8 Å². The summed E-state index contributed by atoms with van der Waals surface area (Å²) >= 11 is 18.3. The van der Waals surface area contributed by atoms with Gasteiger partial charge in [-0.1, -0.05) is 40.9 Å². The molecule has 0 radical (unpaired) electrons. The van der Waals surface area contributed by atoms with Crippen molar-refractivity contribution in [1.29, 1.82) is 0 Å². The van der Waals surface area contributed by atoms with E-state index in [0.717, 1.165) is 11.3 Å². The first-order valence-corrected chi connectivity index (χ1v) is 8.10. The third kappa shape index (κ3) is 4.09. The molecule has 0 bridgehead atoms. The zero-order valence-electron chi connectivity index (χ0n) is 12.2. The van der Waals surface area contributed by atoms with Gasteiger partial charge in [-0.25, -0.2) is 5.10 Å². The normalized spacial score (nSPS) is 10.6. The number of H-pyrrole nitrogens is 1. The van der Waals surface area contributed by atoms with Crippen molar-refractivity contribution in [1.82, 2.24) is 10.2 Å². The van der Waals surface area contributed by atoms with Crippen molar-refractivity contribution in [3.63, 3.8) is 0 Å². The first kappa shape index (κ1) is 16.8. The van der Waals surface area contributed by atoms with Gasteiger partial charge in [0.2, 0.25) is 0 Å². The second-order valence-electron chi connectivity index (χ2n) is 5.03. The zero-order chi connectivity index (χ0) is 17.1. The molecule has 0 aliphatic carbocycles. The number of benzene rings is 2. The number of hydrogen-bond acceptors (Lipinski definition) is 3. The molecular weight excluding hydrogens is 371 g/mol. The Bertz CT molecular complexity index is 921. The lowest BCUT2D eigenvalue weighted by Crippen LogP contribution is -2.07. The lowest BCUT2D eigenvalue weighted by atomic mass is 10.1. The minimum absolute atomic E-state index is 0.241. The van der Waals surface area contributed by atoms with Gasteiger partial charge in [0.25, 0.3) is 5.56 Å². The summed E-state index contributed by atoms with van der Waals surface area (Å²) in [5.41, 5.74) is 1.41. The number of aromatic nitrogens is 2. The average molecular weight is 382 g/mol. The molecule has 3 aromatic rings. The van der Waals surface area contributed by atoms with Crippen LogP contribution in [0, 0.1) is 0 Å². The second-order valence-corrected chi connectivity index (χ2v) is 6.28. The van der Waals surface area contributed by atoms with E-state index < -0.39 is 0 Å². The molecule has 122 valence electrons. The van der Waals surface area contributed by atoms with E-state index in [4.69, 9.17) is 39.5 Å². The number of rotatable bonds is 4. The van der Waals surface area contributed by atoms with E-state index in [9.17, 15) is 4.79 Å². The van der Waals surface area contributed by atoms with E-state index in [1.807, 2.05) is 6.07 Å². The highest BCUT2D eigenvalue weighted by atomic mass is 35.5. The summed E-state index contributed by atoms with van der Waals surface area (Å²) in [5.74, 6) is 0.883. The number of hydrogen-bond donors (Lipinski definition) is 1. The maximum Gasteiger partial charge on any atom is 0.264 e. The van der Waals surface area contributed by atoms with Crippen molar-refractivity contribution in [3.8, 4) is 11.5 Å². The quantitative estimate of drug-likeness (QED) is 0.683. The molecule has 7 heteroatoms. The lowest BCUT2D eigenvalue weighted by Gasteiger charge is -2.11. The van der Waals surface area contributed by atoms with Crippen LogP contribution in [-0.2, 0) is 6.42 Å². The van der Waals surface area contributed by atoms with Gasteiger partial charge in [-0.3, -0.25) is 4.79 Å². The van der Waals surface area contributed by atoms with Crippen LogP contribution in [0.1, 0.15) is 11.3 Å². The Labute approximate surface area is 153 Å². The van der Waals surface area contributed by atoms with Crippen molar-refractivity contribution in [2.24, 2.45) is 0 Å². The highest BCUT2D eigenvalue weighted by molar-refractivity contribution is 6.34. The molecule has 0 spiro atoms. The summed E-state index contributed by atoms with van der Waals surface area (Å²) in [6.45, 7) is 0. The Morgan fingerprint density at radius 2 is 1.62 bits per heavy atom. The van der Waals surface area contributed by atoms with Crippen LogP contribution in [0.5, 0.6) is 11.5 Å². The molecule has 0 aliphatic heterocycles. The summed E-state index contributed by atoms with van der Waals surface area (Å²) in [6.07, 6.45) is 0.521. The Hall–Kier alpha value is -2.01. The molecule has 4 nitrogen and oxygen atoms in total. The van der Waals surface area contributed by atoms with Crippen LogP contribution in [0.15, 0.2) is 53.3 Å². The van der Waals surface area contributed by atoms with E-state index in [0.29, 0.717) is 33.0 Å². The first-order chi connectivity index (χ1) is 11.5. The molecule has 0 atom stereocenters. The summed E-state index contributed by atoms with van der Waals surface area (Å²) in [7, 11) is 0. The van der Waals surface area contributed by atoms with E-state index in [-0.39, 0.29) is 5.56 Å². The van der Waals surface area contributed by atoms with Crippen molar-refractivity contribution in [2.45, 2.75) is 6.42 Å². The SMILES string of the molecule is O=c1ccc(Cc2ccc(Cl)c(Oc3cc(Cl)ccc3Cl)c2)n[nH]1. The largest absolute Gasteiger partial charge is 0.454 e. The van der Waals surface area contributed by atoms with Crippen molar-refractivity contribution < 1.29 is 4.74 Å². The topological polar surface area (TPSA) is 55.0 Å². The van der Waals surface area contributed by atoms with Crippen molar-refractivity contribution in [3.05, 3.63) is 85.2 Å². The first-order valence-electron chi connectivity index (χ1n) is 6.97. The van der Waals surface area contributed by atoms with Gasteiger partial charge in [0.1, 0.15) is 11.5 Å². The summed E-state index contributed by atoms with van der Waals surface area (Å²) in [4.78, 5) is 11.1. The minimum atomic E-state index is -0.241. The van der Waals surface area contributed by atoms with E-state index in [2.05, 4.69) is 10.2 Å². The summed E-state index contributed by atoms with van der Waals surface area (Å²) in [6, 6.07) is 13.4. The van der Waals surface area contributed by atoms with Crippen LogP contribution in [-0.4, -0.2) is 10.2 Å². The molecule has 1 aromatic heterocycles. The van der Waals surface area contributed by atoms with Gasteiger partial charge in [-0.15, -0.1) is 0 Å². The summed E-state index contributed by atoms with van der Waals surface area (Å²) < 4.78 is 5.79. The fourth-order valence-electron chi connectivity index (χ4n) is 2.09. The van der Waals surface area contributed by atoms with Crippen LogP contribution < -0.4 is 10.3 Å². The van der Waals surface area contributed by atoms with Gasteiger partial charge in [0.15, 0.2) is 0 Å². The standard InChI is InChI=1S/C17H11Cl3N2O2/c18-11-2-5-14(20)16(9-11)24-15-8-10(1-4-13(15)19)7-12-3-6-17(23)22-21-12/h1-6,8-9H,7H2,(H,22,23). The molecule has 0 unspecified atom stereocenters. The molecule has 0 saturated heterocycles. The van der Waals surface area contributed by atoms with Gasteiger partial charge in [-0.2, -0.15) is 5.10 Å². The number of aromatic amines is 1. The maximum absolute atomic E-state index is 11.1. The Morgan fingerprint density at radius 3 is 2.33 bits per heavy atom. The molecule has 0 aliphatic rings. The maximum atomic E-state index is 11.1. The minimum Gasteiger partial charge on any atom is -0.454 e. The fourth-order valence-corrected chi connectivity index (χ4v) is 2.57. The van der Waals surface area contributed by atoms with Crippen molar-refractivity contribution in [2.75, 3.05) is 0 Å². The molecule has 0 saturated carbocycles. The molecule has 0 amide bonds. The predicted molar refractivity (Wildman–Crippen MR) is 95.7 cm³/mol. The highest BCUT2D eigenvalue weighted by Gasteiger charge is 2.09. The number of nitrogens with one attached hydrogen (secondary N) is 1. The molecule has 24 heavy (non-hydrogen) atoms. The molecular formula is C17H11Cl3N2O2. The molecule has 3 rings (SSSR count). The Kier molecular flexibility index (Phi) is 5.09. The summed E-state index contributed by atoms with van der Waals surface area (Å²) in [5, 5.41) is 7.79. The van der Waals surface area contributed by atoms with E-state index >= 15 is 0 Å². The molecule has 1 N–H and O–H groups in total. The third-order valence-electron chi connectivity index (χ3n) is 3.23. The number of halogens is 3. The third-order valence-corrected chi connectivity index (χ3v) is 4.09. The fraction of sp³-hybridized carbons (Fsp3) is 0.0588. The van der Waals surface area contributed by atoms with Gasteiger partial charge in [-0.05, 0) is 35.9 Å². The zero-order valence-corrected chi connectivity index (χ0v) is 14.5. The molecule has 1 heterocycles. The average Bonchev–Trinajstić information content (AvgIpc) is 2.56. The predicted octanol–water partition coefficient (Wildman–Crippen LogP) is 5.11. The smallest absolute Gasteiger partial charge is 0.264 e. The van der Waals surface area contributed by atoms with Crippen LogP contribution >= 0.6 is 34.8 Å². The van der Waals surface area contributed by atoms with E-state index in [1.165, 1.54) is 6.07 Å². The second kappa shape index (κ2) is 7.26. The Balaban J connectivity index is 1.87. The van der Waals surface area contributed by atoms with E-state index in [1.54, 1.807) is 36.4 Å². The molecule has 0 fully saturated rings. The van der Waals surface area contributed by atoms with Gasteiger partial charge < -0.3 is 4.74 Å². The van der Waals surface area contributed by atoms with Crippen LogP contribution in [0.3, 0.4) is 0 Å². The molecule has 2 aromatic carbocycles. The monoisotopic (exact) mass is 380 g/mol. The van der Waals surface area contributed by atoms with Crippen LogP contribution in [0.25, 0.3) is 0 Å². The highest BCUT2D eigenvalue weighted by Crippen LogP contribution is 2.35. The lowest BCUT2D eigenvalue weighted by molar-refractivity contribution is 0.482.